The highest BCUT2D eigenvalue weighted by Gasteiger charge is 1.95. The Morgan fingerprint density at radius 3 is 1.80 bits per heavy atom. The van der Waals surface area contributed by atoms with E-state index in [4.69, 9.17) is 5.11 Å². The van der Waals surface area contributed by atoms with Crippen molar-refractivity contribution in [3.63, 3.8) is 0 Å². The molecule has 0 aliphatic rings. The Hall–Kier alpha value is -1.05. The van der Waals surface area contributed by atoms with Gasteiger partial charge in [-0.1, -0.05) is 69.8 Å². The van der Waals surface area contributed by atoms with Gasteiger partial charge in [0, 0.05) is 6.42 Å². The molecule has 0 saturated heterocycles. The van der Waals surface area contributed by atoms with Crippen molar-refractivity contribution >= 4 is 5.97 Å². The molecule has 0 aliphatic carbocycles. The predicted molar refractivity (Wildman–Crippen MR) is 87.0 cm³/mol. The van der Waals surface area contributed by atoms with Crippen LogP contribution in [0.25, 0.3) is 0 Å². The SMILES string of the molecule is CCCCCCC/C=C\C=C/CCCCCCC(=O)O. The number of carboxylic acid groups (broad SMARTS) is 1. The second kappa shape index (κ2) is 16.0. The second-order valence-corrected chi connectivity index (χ2v) is 5.41. The van der Waals surface area contributed by atoms with Gasteiger partial charge in [0.2, 0.25) is 0 Å². The van der Waals surface area contributed by atoms with Crippen LogP contribution in [-0.4, -0.2) is 11.1 Å². The first-order valence-corrected chi connectivity index (χ1v) is 8.30. The Morgan fingerprint density at radius 1 is 0.800 bits per heavy atom. The van der Waals surface area contributed by atoms with Crippen LogP contribution in [-0.2, 0) is 4.79 Å². The highest BCUT2D eigenvalue weighted by molar-refractivity contribution is 5.66. The van der Waals surface area contributed by atoms with Gasteiger partial charge in [0.25, 0.3) is 0 Å². The molecule has 0 rings (SSSR count). The van der Waals surface area contributed by atoms with E-state index in [1.807, 2.05) is 0 Å². The third-order valence-corrected chi connectivity index (χ3v) is 3.37. The first-order chi connectivity index (χ1) is 9.77. The lowest BCUT2D eigenvalue weighted by Crippen LogP contribution is -1.93. The minimum Gasteiger partial charge on any atom is -0.481 e. The lowest BCUT2D eigenvalue weighted by atomic mass is 10.1. The predicted octanol–water partition coefficient (Wildman–Crippen LogP) is 5.88. The summed E-state index contributed by atoms with van der Waals surface area (Å²) in [5.41, 5.74) is 0. The van der Waals surface area contributed by atoms with Gasteiger partial charge < -0.3 is 5.11 Å². The van der Waals surface area contributed by atoms with Crippen molar-refractivity contribution in [3.8, 4) is 0 Å². The van der Waals surface area contributed by atoms with Gasteiger partial charge in [0.05, 0.1) is 0 Å². The Bertz CT molecular complexity index is 267. The molecule has 2 heteroatoms. The van der Waals surface area contributed by atoms with Crippen molar-refractivity contribution in [2.24, 2.45) is 0 Å². The van der Waals surface area contributed by atoms with Crippen LogP contribution in [0.2, 0.25) is 0 Å². The molecule has 0 spiro atoms. The quantitative estimate of drug-likeness (QED) is 0.318. The third kappa shape index (κ3) is 16.9. The van der Waals surface area contributed by atoms with Gasteiger partial charge in [-0.2, -0.15) is 0 Å². The molecule has 1 N–H and O–H groups in total. The van der Waals surface area contributed by atoms with Gasteiger partial charge in [-0.3, -0.25) is 4.79 Å². The smallest absolute Gasteiger partial charge is 0.303 e. The maximum atomic E-state index is 10.3. The van der Waals surface area contributed by atoms with E-state index in [2.05, 4.69) is 31.2 Å². The lowest BCUT2D eigenvalue weighted by molar-refractivity contribution is -0.137. The molecule has 0 unspecified atom stereocenters. The summed E-state index contributed by atoms with van der Waals surface area (Å²) in [5, 5.41) is 8.50. The monoisotopic (exact) mass is 280 g/mol. The van der Waals surface area contributed by atoms with Crippen LogP contribution in [0.15, 0.2) is 24.3 Å². The summed E-state index contributed by atoms with van der Waals surface area (Å²) in [4.78, 5) is 10.3. The van der Waals surface area contributed by atoms with Crippen LogP contribution in [0.1, 0.15) is 84.0 Å². The molecule has 0 bridgehead atoms. The van der Waals surface area contributed by atoms with Gasteiger partial charge >= 0.3 is 5.97 Å². The summed E-state index contributed by atoms with van der Waals surface area (Å²) in [6.45, 7) is 2.25. The summed E-state index contributed by atoms with van der Waals surface area (Å²) < 4.78 is 0. The molecule has 0 saturated carbocycles. The van der Waals surface area contributed by atoms with E-state index in [0.29, 0.717) is 6.42 Å². The Labute approximate surface area is 125 Å². The first kappa shape index (κ1) is 18.9. The van der Waals surface area contributed by atoms with E-state index in [1.165, 1.54) is 44.9 Å². The van der Waals surface area contributed by atoms with Crippen LogP contribution in [0.3, 0.4) is 0 Å². The normalized spacial score (nSPS) is 11.7. The summed E-state index contributed by atoms with van der Waals surface area (Å²) in [5.74, 6) is -0.676. The summed E-state index contributed by atoms with van der Waals surface area (Å²) in [6, 6.07) is 0. The minimum absolute atomic E-state index is 0.316. The topological polar surface area (TPSA) is 37.3 Å². The molecule has 116 valence electrons. The summed E-state index contributed by atoms with van der Waals surface area (Å²) in [6.07, 6.45) is 22.3. The molecule has 0 radical (unpaired) electrons. The molecule has 0 amide bonds. The highest BCUT2D eigenvalue weighted by Crippen LogP contribution is 2.07. The molecular weight excluding hydrogens is 248 g/mol. The second-order valence-electron chi connectivity index (χ2n) is 5.41. The number of hydrogen-bond donors (Lipinski definition) is 1. The minimum atomic E-state index is -0.676. The van der Waals surface area contributed by atoms with Crippen LogP contribution >= 0.6 is 0 Å². The van der Waals surface area contributed by atoms with Gasteiger partial charge in [0.1, 0.15) is 0 Å². The highest BCUT2D eigenvalue weighted by atomic mass is 16.4. The molecule has 0 aromatic carbocycles. The van der Waals surface area contributed by atoms with Gasteiger partial charge in [-0.25, -0.2) is 0 Å². The van der Waals surface area contributed by atoms with Crippen molar-refractivity contribution in [2.75, 3.05) is 0 Å². The molecule has 0 aromatic rings. The number of allylic oxidation sites excluding steroid dienone is 4. The number of aliphatic carboxylic acids is 1. The van der Waals surface area contributed by atoms with E-state index in [9.17, 15) is 4.79 Å². The van der Waals surface area contributed by atoms with E-state index < -0.39 is 5.97 Å². The Kier molecular flexibility index (Phi) is 15.2. The molecule has 0 fully saturated rings. The van der Waals surface area contributed by atoms with Gasteiger partial charge in [0.15, 0.2) is 0 Å². The number of unbranched alkanes of at least 4 members (excludes halogenated alkanes) is 9. The lowest BCUT2D eigenvalue weighted by Gasteiger charge is -1.96. The summed E-state index contributed by atoms with van der Waals surface area (Å²) >= 11 is 0. The molecule has 20 heavy (non-hydrogen) atoms. The molecule has 0 heterocycles. The van der Waals surface area contributed by atoms with Crippen LogP contribution in [0, 0.1) is 0 Å². The number of carboxylic acids is 1. The molecular formula is C18H32O2. The maximum Gasteiger partial charge on any atom is 0.303 e. The molecule has 0 atom stereocenters. The van der Waals surface area contributed by atoms with Crippen LogP contribution in [0.5, 0.6) is 0 Å². The third-order valence-electron chi connectivity index (χ3n) is 3.37. The van der Waals surface area contributed by atoms with Crippen LogP contribution < -0.4 is 0 Å². The Balaban J connectivity index is 3.20. The van der Waals surface area contributed by atoms with Crippen molar-refractivity contribution in [2.45, 2.75) is 84.0 Å². The standard InChI is InChI=1S/C18H32O2/c1-2-3-4-5-6-7-8-9-10-11-12-13-14-15-16-17-18(19)20/h8-11H,2-7,12-17H2,1H3,(H,19,20)/b9-8-,11-10-. The fraction of sp³-hybridized carbons (Fsp3) is 0.722. The molecule has 0 aliphatic heterocycles. The average Bonchev–Trinajstić information content (AvgIpc) is 2.43. The first-order valence-electron chi connectivity index (χ1n) is 8.30. The Morgan fingerprint density at radius 2 is 1.30 bits per heavy atom. The van der Waals surface area contributed by atoms with Gasteiger partial charge in [-0.05, 0) is 32.1 Å². The number of carbonyl (C=O) groups is 1. The van der Waals surface area contributed by atoms with E-state index >= 15 is 0 Å². The number of hydrogen-bond acceptors (Lipinski definition) is 1. The zero-order chi connectivity index (χ0) is 14.9. The van der Waals surface area contributed by atoms with E-state index in [-0.39, 0.29) is 0 Å². The molecule has 2 nitrogen and oxygen atoms in total. The van der Waals surface area contributed by atoms with Crippen molar-refractivity contribution in [1.29, 1.82) is 0 Å². The van der Waals surface area contributed by atoms with Gasteiger partial charge in [-0.15, -0.1) is 0 Å². The molecule has 0 aromatic heterocycles. The van der Waals surface area contributed by atoms with Crippen molar-refractivity contribution in [3.05, 3.63) is 24.3 Å². The van der Waals surface area contributed by atoms with Crippen LogP contribution in [0.4, 0.5) is 0 Å². The maximum absolute atomic E-state index is 10.3. The van der Waals surface area contributed by atoms with E-state index in [0.717, 1.165) is 25.7 Å². The fourth-order valence-corrected chi connectivity index (χ4v) is 2.11. The average molecular weight is 280 g/mol. The fourth-order valence-electron chi connectivity index (χ4n) is 2.11. The number of rotatable bonds is 14. The zero-order valence-corrected chi connectivity index (χ0v) is 13.2. The van der Waals surface area contributed by atoms with E-state index in [1.54, 1.807) is 0 Å². The van der Waals surface area contributed by atoms with Crippen molar-refractivity contribution < 1.29 is 9.90 Å². The zero-order valence-electron chi connectivity index (χ0n) is 13.2. The summed E-state index contributed by atoms with van der Waals surface area (Å²) in [7, 11) is 0. The van der Waals surface area contributed by atoms with Crippen molar-refractivity contribution in [1.82, 2.24) is 0 Å². The largest absolute Gasteiger partial charge is 0.481 e.